The average molecular weight is 730 g/mol. The lowest BCUT2D eigenvalue weighted by Crippen LogP contribution is -2.05. The lowest BCUT2D eigenvalue weighted by Gasteiger charge is -2.17. The van der Waals surface area contributed by atoms with E-state index >= 15 is 0 Å². The first kappa shape index (κ1) is 31.5. The fourth-order valence-electron chi connectivity index (χ4n) is 8.73. The molecule has 266 valence electrons. The van der Waals surface area contributed by atoms with Crippen molar-refractivity contribution in [2.45, 2.75) is 0 Å². The van der Waals surface area contributed by atoms with Crippen LogP contribution in [-0.4, -0.2) is 24.1 Å². The number of hydrogen-bond donors (Lipinski definition) is 0. The summed E-state index contributed by atoms with van der Waals surface area (Å²) in [6, 6.07) is 65.4. The van der Waals surface area contributed by atoms with Gasteiger partial charge in [-0.1, -0.05) is 146 Å². The number of fused-ring (bicyclic) bond motifs is 10. The Morgan fingerprint density at radius 2 is 0.842 bits per heavy atom. The van der Waals surface area contributed by atoms with Crippen molar-refractivity contribution in [2.24, 2.45) is 0 Å². The van der Waals surface area contributed by atoms with Crippen LogP contribution in [0, 0.1) is 0 Å². The van der Waals surface area contributed by atoms with Gasteiger partial charge in [0.25, 0.3) is 0 Å². The molecule has 4 heterocycles. The number of aromatic nitrogens is 5. The number of rotatable bonds is 5. The predicted molar refractivity (Wildman–Crippen MR) is 232 cm³/mol. The van der Waals surface area contributed by atoms with E-state index in [4.69, 9.17) is 19.4 Å². The van der Waals surface area contributed by atoms with Crippen LogP contribution in [0.1, 0.15) is 0 Å². The third-order valence-electron chi connectivity index (χ3n) is 11.2. The van der Waals surface area contributed by atoms with Crippen molar-refractivity contribution < 1.29 is 4.42 Å². The Morgan fingerprint density at radius 3 is 1.47 bits per heavy atom. The second kappa shape index (κ2) is 12.3. The summed E-state index contributed by atoms with van der Waals surface area (Å²) in [7, 11) is 0. The Hall–Kier alpha value is -7.83. The number of nitrogens with zero attached hydrogens (tertiary/aromatic N) is 5. The molecule has 0 bridgehead atoms. The van der Waals surface area contributed by atoms with Gasteiger partial charge in [-0.15, -0.1) is 0 Å². The van der Waals surface area contributed by atoms with E-state index in [0.29, 0.717) is 17.5 Å². The van der Waals surface area contributed by atoms with E-state index in [1.807, 2.05) is 48.5 Å². The standard InChI is InChI=1S/C51H31N5O/c1-4-16-32(17-5-1)49-52-50(33-18-6-2-7-19-33)54-51(53-49)46-42(30-31-44-45(46)39-24-12-15-27-43(39)57-44)56-41-26-14-11-23-36(41)38-29-28-37-35-22-10-13-25-40(35)55(47(37)48(38)56)34-20-8-3-9-21-34/h1-31H. The van der Waals surface area contributed by atoms with Crippen LogP contribution in [0.5, 0.6) is 0 Å². The lowest BCUT2D eigenvalue weighted by atomic mass is 10.0. The van der Waals surface area contributed by atoms with E-state index in [9.17, 15) is 0 Å². The van der Waals surface area contributed by atoms with Gasteiger partial charge in [-0.3, -0.25) is 0 Å². The number of hydrogen-bond acceptors (Lipinski definition) is 4. The van der Waals surface area contributed by atoms with Crippen molar-refractivity contribution in [1.29, 1.82) is 0 Å². The average Bonchev–Trinajstić information content (AvgIpc) is 3.95. The molecule has 0 radical (unpaired) electrons. The second-order valence-electron chi connectivity index (χ2n) is 14.4. The van der Waals surface area contributed by atoms with Gasteiger partial charge in [0.15, 0.2) is 17.5 Å². The first-order valence-corrected chi connectivity index (χ1v) is 19.1. The summed E-state index contributed by atoms with van der Waals surface area (Å²) in [5.74, 6) is 1.77. The van der Waals surface area contributed by atoms with E-state index in [0.717, 1.165) is 82.8 Å². The first-order valence-electron chi connectivity index (χ1n) is 19.1. The molecule has 0 spiro atoms. The van der Waals surface area contributed by atoms with Crippen molar-refractivity contribution in [2.75, 3.05) is 0 Å². The minimum Gasteiger partial charge on any atom is -0.456 e. The maximum absolute atomic E-state index is 6.59. The smallest absolute Gasteiger partial charge is 0.166 e. The summed E-state index contributed by atoms with van der Waals surface area (Å²) in [5, 5.41) is 6.65. The summed E-state index contributed by atoms with van der Waals surface area (Å²) in [4.78, 5) is 15.8. The molecule has 0 aliphatic carbocycles. The zero-order valence-corrected chi connectivity index (χ0v) is 30.5. The summed E-state index contributed by atoms with van der Waals surface area (Å²) < 4.78 is 11.4. The highest BCUT2D eigenvalue weighted by Crippen LogP contribution is 2.46. The molecule has 0 saturated carbocycles. The summed E-state index contributed by atoms with van der Waals surface area (Å²) in [6.45, 7) is 0. The second-order valence-corrected chi connectivity index (χ2v) is 14.4. The highest BCUT2D eigenvalue weighted by molar-refractivity contribution is 6.24. The monoisotopic (exact) mass is 729 g/mol. The third kappa shape index (κ3) is 4.74. The van der Waals surface area contributed by atoms with Crippen LogP contribution in [0.3, 0.4) is 0 Å². The third-order valence-corrected chi connectivity index (χ3v) is 11.2. The highest BCUT2D eigenvalue weighted by Gasteiger charge is 2.26. The molecule has 0 fully saturated rings. The van der Waals surface area contributed by atoms with E-state index in [1.165, 1.54) is 10.8 Å². The minimum absolute atomic E-state index is 0.566. The molecule has 0 saturated heterocycles. The van der Waals surface area contributed by atoms with E-state index < -0.39 is 0 Å². The number of benzene rings is 8. The predicted octanol–water partition coefficient (Wildman–Crippen LogP) is 13.0. The molecule has 6 nitrogen and oxygen atoms in total. The van der Waals surface area contributed by atoms with Gasteiger partial charge in [0.2, 0.25) is 0 Å². The molecule has 6 heteroatoms. The van der Waals surface area contributed by atoms with Gasteiger partial charge in [-0.05, 0) is 42.5 Å². The largest absolute Gasteiger partial charge is 0.456 e. The zero-order valence-electron chi connectivity index (χ0n) is 30.5. The molecule has 57 heavy (non-hydrogen) atoms. The van der Waals surface area contributed by atoms with Crippen LogP contribution in [0.25, 0.3) is 111 Å². The van der Waals surface area contributed by atoms with E-state index in [2.05, 4.69) is 149 Å². The molecule has 12 rings (SSSR count). The molecule has 8 aromatic carbocycles. The molecule has 0 unspecified atom stereocenters. The zero-order chi connectivity index (χ0) is 37.5. The first-order chi connectivity index (χ1) is 28.3. The Labute approximate surface area is 326 Å². The molecule has 0 N–H and O–H groups in total. The van der Waals surface area contributed by atoms with Crippen LogP contribution in [0.2, 0.25) is 0 Å². The van der Waals surface area contributed by atoms with Crippen LogP contribution >= 0.6 is 0 Å². The summed E-state index contributed by atoms with van der Waals surface area (Å²) in [5.41, 5.74) is 10.8. The molecular weight excluding hydrogens is 699 g/mol. The quantitative estimate of drug-likeness (QED) is 0.177. The number of furan rings is 1. The van der Waals surface area contributed by atoms with Gasteiger partial charge in [-0.25, -0.2) is 15.0 Å². The topological polar surface area (TPSA) is 61.7 Å². The van der Waals surface area contributed by atoms with E-state index in [-0.39, 0.29) is 0 Å². The van der Waals surface area contributed by atoms with Gasteiger partial charge >= 0.3 is 0 Å². The normalized spacial score (nSPS) is 11.9. The van der Waals surface area contributed by atoms with Crippen molar-refractivity contribution in [3.63, 3.8) is 0 Å². The molecule has 0 aliphatic rings. The van der Waals surface area contributed by atoms with Crippen LogP contribution in [0.15, 0.2) is 192 Å². The van der Waals surface area contributed by atoms with Gasteiger partial charge in [0.1, 0.15) is 11.2 Å². The summed E-state index contributed by atoms with van der Waals surface area (Å²) in [6.07, 6.45) is 0. The van der Waals surface area contributed by atoms with E-state index in [1.54, 1.807) is 0 Å². The SMILES string of the molecule is c1ccc(-c2nc(-c3ccccc3)nc(-c3c(-n4c5ccccc5c5ccc6c7ccccc7n(-c7ccccc7)c6c54)ccc4oc5ccccc5c34)n2)cc1. The highest BCUT2D eigenvalue weighted by atomic mass is 16.3. The lowest BCUT2D eigenvalue weighted by molar-refractivity contribution is 0.669. The van der Waals surface area contributed by atoms with Gasteiger partial charge in [0, 0.05) is 49.1 Å². The Morgan fingerprint density at radius 1 is 0.351 bits per heavy atom. The Bertz CT molecular complexity index is 3450. The molecule has 0 atom stereocenters. The van der Waals surface area contributed by atoms with Gasteiger partial charge in [-0.2, -0.15) is 0 Å². The fourth-order valence-corrected chi connectivity index (χ4v) is 8.73. The number of para-hydroxylation sites is 4. The van der Waals surface area contributed by atoms with Crippen molar-refractivity contribution >= 4 is 65.6 Å². The maximum atomic E-state index is 6.59. The van der Waals surface area contributed by atoms with Gasteiger partial charge < -0.3 is 13.6 Å². The summed E-state index contributed by atoms with van der Waals surface area (Å²) >= 11 is 0. The van der Waals surface area contributed by atoms with Crippen molar-refractivity contribution in [3.05, 3.63) is 188 Å². The minimum atomic E-state index is 0.566. The van der Waals surface area contributed by atoms with Crippen LogP contribution in [-0.2, 0) is 0 Å². The van der Waals surface area contributed by atoms with Crippen LogP contribution in [0.4, 0.5) is 0 Å². The van der Waals surface area contributed by atoms with Crippen molar-refractivity contribution in [1.82, 2.24) is 24.1 Å². The Balaban J connectivity index is 1.29. The van der Waals surface area contributed by atoms with Crippen molar-refractivity contribution in [3.8, 4) is 45.5 Å². The maximum Gasteiger partial charge on any atom is 0.166 e. The molecular formula is C51H31N5O. The molecule has 12 aromatic rings. The molecule has 0 aliphatic heterocycles. The van der Waals surface area contributed by atoms with Crippen LogP contribution < -0.4 is 0 Å². The fraction of sp³-hybridized carbons (Fsp3) is 0. The Kier molecular flexibility index (Phi) is 6.83. The molecule has 0 amide bonds. The van der Waals surface area contributed by atoms with Gasteiger partial charge in [0.05, 0.1) is 33.3 Å². The molecule has 4 aromatic heterocycles.